The summed E-state index contributed by atoms with van der Waals surface area (Å²) in [6.07, 6.45) is 2.49. The Bertz CT molecular complexity index is 271. The van der Waals surface area contributed by atoms with Gasteiger partial charge in [-0.25, -0.2) is 0 Å². The van der Waals surface area contributed by atoms with Gasteiger partial charge in [-0.1, -0.05) is 0 Å². The average molecular weight is 224 g/mol. The number of rotatable bonds is 3. The first kappa shape index (κ1) is 11.1. The Balaban J connectivity index is 1.78. The van der Waals surface area contributed by atoms with Crippen LogP contribution in [-0.4, -0.2) is 37.1 Å². The molecule has 0 aromatic carbocycles. The third-order valence-corrected chi connectivity index (χ3v) is 3.70. The Morgan fingerprint density at radius 3 is 3.33 bits per heavy atom. The molecule has 15 heavy (non-hydrogen) atoms. The smallest absolute Gasteiger partial charge is 0.0166 e. The number of thiophene rings is 1. The van der Waals surface area contributed by atoms with Crippen molar-refractivity contribution in [3.8, 4) is 0 Å². The minimum Gasteiger partial charge on any atom is -0.313 e. The molecule has 0 saturated carbocycles. The van der Waals surface area contributed by atoms with E-state index in [0.29, 0.717) is 6.04 Å². The van der Waals surface area contributed by atoms with E-state index in [1.165, 1.54) is 44.6 Å². The van der Waals surface area contributed by atoms with Crippen molar-refractivity contribution in [1.29, 1.82) is 0 Å². The minimum atomic E-state index is 0.648. The van der Waals surface area contributed by atoms with Crippen LogP contribution < -0.4 is 5.32 Å². The van der Waals surface area contributed by atoms with Gasteiger partial charge in [-0.3, -0.25) is 0 Å². The van der Waals surface area contributed by atoms with Crippen LogP contribution in [0.2, 0.25) is 0 Å². The molecule has 2 nitrogen and oxygen atoms in total. The van der Waals surface area contributed by atoms with Gasteiger partial charge in [0.15, 0.2) is 0 Å². The minimum absolute atomic E-state index is 0.648. The molecule has 0 amide bonds. The zero-order valence-corrected chi connectivity index (χ0v) is 10.2. The first-order chi connectivity index (χ1) is 7.34. The van der Waals surface area contributed by atoms with Gasteiger partial charge in [-0.05, 0) is 55.2 Å². The average Bonchev–Trinajstić information content (AvgIpc) is 2.65. The van der Waals surface area contributed by atoms with Crippen molar-refractivity contribution in [3.05, 3.63) is 22.4 Å². The van der Waals surface area contributed by atoms with Gasteiger partial charge in [-0.15, -0.1) is 0 Å². The third-order valence-electron chi connectivity index (χ3n) is 2.97. The van der Waals surface area contributed by atoms with Gasteiger partial charge >= 0.3 is 0 Å². The molecule has 1 N–H and O–H groups in total. The lowest BCUT2D eigenvalue weighted by atomic mass is 10.2. The van der Waals surface area contributed by atoms with Crippen LogP contribution in [0.25, 0.3) is 0 Å². The first-order valence-electron chi connectivity index (χ1n) is 5.81. The summed E-state index contributed by atoms with van der Waals surface area (Å²) in [5.41, 5.74) is 1.49. The maximum atomic E-state index is 3.53. The number of hydrogen-bond donors (Lipinski definition) is 1. The highest BCUT2D eigenvalue weighted by molar-refractivity contribution is 7.07. The molecule has 1 fully saturated rings. The highest BCUT2D eigenvalue weighted by Crippen LogP contribution is 2.08. The molecule has 1 aromatic rings. The summed E-state index contributed by atoms with van der Waals surface area (Å²) < 4.78 is 0. The molecule has 1 aliphatic heterocycles. The molecule has 84 valence electrons. The maximum absolute atomic E-state index is 3.53. The predicted molar refractivity (Wildman–Crippen MR) is 66.5 cm³/mol. The second-order valence-corrected chi connectivity index (χ2v) is 5.17. The van der Waals surface area contributed by atoms with Gasteiger partial charge in [0.25, 0.3) is 0 Å². The molecule has 0 radical (unpaired) electrons. The lowest BCUT2D eigenvalue weighted by Gasteiger charge is -2.21. The summed E-state index contributed by atoms with van der Waals surface area (Å²) in [5, 5.41) is 7.96. The molecule has 1 saturated heterocycles. The molecular formula is C12H20N2S. The van der Waals surface area contributed by atoms with Crippen molar-refractivity contribution in [2.24, 2.45) is 0 Å². The van der Waals surface area contributed by atoms with Crippen molar-refractivity contribution in [2.75, 3.05) is 26.2 Å². The fourth-order valence-corrected chi connectivity index (χ4v) is 2.82. The fourth-order valence-electron chi connectivity index (χ4n) is 2.12. The Kier molecular flexibility index (Phi) is 4.18. The highest BCUT2D eigenvalue weighted by Gasteiger charge is 2.13. The zero-order chi connectivity index (χ0) is 10.5. The lowest BCUT2D eigenvalue weighted by molar-refractivity contribution is 0.276. The molecule has 1 atom stereocenters. The molecule has 1 aliphatic rings. The van der Waals surface area contributed by atoms with Crippen molar-refractivity contribution in [2.45, 2.75) is 25.8 Å². The normalized spacial score (nSPS) is 23.9. The number of nitrogens with one attached hydrogen (secondary N) is 1. The van der Waals surface area contributed by atoms with E-state index in [9.17, 15) is 0 Å². The van der Waals surface area contributed by atoms with E-state index in [1.54, 1.807) is 11.3 Å². The third kappa shape index (κ3) is 3.59. The monoisotopic (exact) mass is 224 g/mol. The van der Waals surface area contributed by atoms with E-state index in [4.69, 9.17) is 0 Å². The van der Waals surface area contributed by atoms with E-state index in [-0.39, 0.29) is 0 Å². The van der Waals surface area contributed by atoms with Gasteiger partial charge in [0.1, 0.15) is 0 Å². The van der Waals surface area contributed by atoms with Crippen molar-refractivity contribution in [1.82, 2.24) is 10.2 Å². The Labute approximate surface area is 96.3 Å². The summed E-state index contributed by atoms with van der Waals surface area (Å²) in [7, 11) is 0. The largest absolute Gasteiger partial charge is 0.313 e. The van der Waals surface area contributed by atoms with Gasteiger partial charge in [-0.2, -0.15) is 11.3 Å². The van der Waals surface area contributed by atoms with Crippen LogP contribution in [0.5, 0.6) is 0 Å². The maximum Gasteiger partial charge on any atom is 0.0166 e. The molecule has 2 heterocycles. The lowest BCUT2D eigenvalue weighted by Crippen LogP contribution is -2.36. The topological polar surface area (TPSA) is 15.3 Å². The molecule has 0 aliphatic carbocycles. The highest BCUT2D eigenvalue weighted by atomic mass is 32.1. The van der Waals surface area contributed by atoms with Crippen molar-refractivity contribution < 1.29 is 0 Å². The van der Waals surface area contributed by atoms with E-state index in [2.05, 4.69) is 34.0 Å². The quantitative estimate of drug-likeness (QED) is 0.844. The van der Waals surface area contributed by atoms with Crippen molar-refractivity contribution >= 4 is 11.3 Å². The van der Waals surface area contributed by atoms with Gasteiger partial charge in [0.05, 0.1) is 0 Å². The Morgan fingerprint density at radius 1 is 1.60 bits per heavy atom. The molecule has 1 unspecified atom stereocenters. The molecule has 0 bridgehead atoms. The van der Waals surface area contributed by atoms with E-state index in [1.807, 2.05) is 0 Å². The van der Waals surface area contributed by atoms with Crippen LogP contribution in [-0.2, 0) is 6.42 Å². The summed E-state index contributed by atoms with van der Waals surface area (Å²) in [6, 6.07) is 2.89. The number of hydrogen-bond acceptors (Lipinski definition) is 3. The summed E-state index contributed by atoms with van der Waals surface area (Å²) in [4.78, 5) is 2.59. The molecule has 1 aromatic heterocycles. The molecule has 2 rings (SSSR count). The number of nitrogens with zero attached hydrogens (tertiary/aromatic N) is 1. The molecule has 3 heteroatoms. The van der Waals surface area contributed by atoms with Gasteiger partial charge in [0.2, 0.25) is 0 Å². The second-order valence-electron chi connectivity index (χ2n) is 4.39. The van der Waals surface area contributed by atoms with E-state index >= 15 is 0 Å². The Morgan fingerprint density at radius 2 is 2.53 bits per heavy atom. The summed E-state index contributed by atoms with van der Waals surface area (Å²) in [5.74, 6) is 0. The fraction of sp³-hybridized carbons (Fsp3) is 0.667. The van der Waals surface area contributed by atoms with Gasteiger partial charge in [0, 0.05) is 19.1 Å². The van der Waals surface area contributed by atoms with E-state index < -0.39 is 0 Å². The summed E-state index contributed by atoms with van der Waals surface area (Å²) in [6.45, 7) is 7.12. The van der Waals surface area contributed by atoms with Gasteiger partial charge < -0.3 is 10.2 Å². The van der Waals surface area contributed by atoms with Crippen LogP contribution in [0.4, 0.5) is 0 Å². The van der Waals surface area contributed by atoms with Crippen LogP contribution in [0.15, 0.2) is 16.8 Å². The van der Waals surface area contributed by atoms with Crippen LogP contribution in [0.1, 0.15) is 18.9 Å². The molecular weight excluding hydrogens is 204 g/mol. The predicted octanol–water partition coefficient (Wildman–Crippen LogP) is 1.97. The SMILES string of the molecule is CC1CN(CCc2ccsc2)CCCN1. The standard InChI is InChI=1S/C12H20N2S/c1-11-9-14(6-2-5-13-11)7-3-12-4-8-15-10-12/h4,8,10-11,13H,2-3,5-7,9H2,1H3. The summed E-state index contributed by atoms with van der Waals surface area (Å²) >= 11 is 1.80. The van der Waals surface area contributed by atoms with Crippen LogP contribution in [0.3, 0.4) is 0 Å². The zero-order valence-electron chi connectivity index (χ0n) is 9.41. The Hall–Kier alpha value is -0.380. The molecule has 0 spiro atoms. The van der Waals surface area contributed by atoms with E-state index in [0.717, 1.165) is 0 Å². The van der Waals surface area contributed by atoms with Crippen molar-refractivity contribution in [3.63, 3.8) is 0 Å². The van der Waals surface area contributed by atoms with Crippen LogP contribution in [0, 0.1) is 0 Å². The second kappa shape index (κ2) is 5.64. The first-order valence-corrected chi connectivity index (χ1v) is 6.75. The van der Waals surface area contributed by atoms with Crippen LogP contribution >= 0.6 is 11.3 Å².